The third-order valence-corrected chi connectivity index (χ3v) is 3.83. The molecule has 3 aromatic rings. The Bertz CT molecular complexity index is 1020. The van der Waals surface area contributed by atoms with Crippen LogP contribution < -0.4 is 20.3 Å². The van der Waals surface area contributed by atoms with Crippen LogP contribution in [0.25, 0.3) is 11.3 Å². The monoisotopic (exact) mass is 369 g/mol. The second-order valence-corrected chi connectivity index (χ2v) is 5.74. The molecule has 1 amide bonds. The average Bonchev–Trinajstić information content (AvgIpc) is 3.07. The van der Waals surface area contributed by atoms with E-state index >= 15 is 0 Å². The molecule has 140 valence electrons. The van der Waals surface area contributed by atoms with Gasteiger partial charge in [0.2, 0.25) is 5.91 Å². The lowest BCUT2D eigenvalue weighted by molar-refractivity contribution is -0.117. The number of methoxy groups -OCH3 is 2. The first kappa shape index (κ1) is 18.2. The quantitative estimate of drug-likeness (QED) is 0.703. The maximum Gasteiger partial charge on any atom is 0.267 e. The summed E-state index contributed by atoms with van der Waals surface area (Å²) < 4.78 is 13.2. The summed E-state index contributed by atoms with van der Waals surface area (Å²) in [6, 6.07) is 8.27. The van der Waals surface area contributed by atoms with Crippen molar-refractivity contribution in [1.29, 1.82) is 0 Å². The molecule has 2 aromatic heterocycles. The molecule has 9 heteroatoms. The van der Waals surface area contributed by atoms with E-state index in [-0.39, 0.29) is 18.0 Å². The highest BCUT2D eigenvalue weighted by Crippen LogP contribution is 2.31. The molecule has 0 radical (unpaired) electrons. The Labute approximate surface area is 155 Å². The zero-order chi connectivity index (χ0) is 19.4. The van der Waals surface area contributed by atoms with E-state index in [0.29, 0.717) is 22.9 Å². The number of hydrogen-bond acceptors (Lipinski definition) is 6. The molecule has 0 atom stereocenters. The van der Waals surface area contributed by atoms with Gasteiger partial charge in [-0.15, -0.1) is 0 Å². The van der Waals surface area contributed by atoms with Gasteiger partial charge in [0.25, 0.3) is 5.56 Å². The molecule has 1 N–H and O–H groups in total. The van der Waals surface area contributed by atoms with Crippen LogP contribution in [0.1, 0.15) is 0 Å². The Morgan fingerprint density at radius 2 is 1.93 bits per heavy atom. The van der Waals surface area contributed by atoms with E-state index in [1.54, 1.807) is 56.4 Å². The van der Waals surface area contributed by atoms with Crippen molar-refractivity contribution < 1.29 is 14.3 Å². The van der Waals surface area contributed by atoms with E-state index in [0.717, 1.165) is 10.2 Å². The van der Waals surface area contributed by atoms with E-state index in [4.69, 9.17) is 9.47 Å². The van der Waals surface area contributed by atoms with E-state index < -0.39 is 0 Å². The molecule has 0 unspecified atom stereocenters. The number of carbonyl (C=O) groups excluding carboxylic acids is 1. The summed E-state index contributed by atoms with van der Waals surface area (Å²) in [5.41, 5.74) is 1.44. The van der Waals surface area contributed by atoms with Crippen LogP contribution in [0.4, 0.5) is 5.69 Å². The number of nitrogens with zero attached hydrogens (tertiary/aromatic N) is 4. The lowest BCUT2D eigenvalue weighted by Gasteiger charge is -2.10. The van der Waals surface area contributed by atoms with E-state index in [1.807, 2.05) is 0 Å². The molecular formula is C18H19N5O4. The minimum Gasteiger partial charge on any atom is -0.493 e. The van der Waals surface area contributed by atoms with Crippen LogP contribution in [-0.4, -0.2) is 39.7 Å². The van der Waals surface area contributed by atoms with E-state index in [9.17, 15) is 9.59 Å². The van der Waals surface area contributed by atoms with Gasteiger partial charge in [-0.2, -0.15) is 10.2 Å². The third kappa shape index (κ3) is 4.14. The van der Waals surface area contributed by atoms with Gasteiger partial charge in [-0.1, -0.05) is 0 Å². The van der Waals surface area contributed by atoms with Gasteiger partial charge in [0.1, 0.15) is 6.54 Å². The molecule has 0 bridgehead atoms. The van der Waals surface area contributed by atoms with Gasteiger partial charge in [0.05, 0.1) is 31.8 Å². The SMILES string of the molecule is COc1ccc(-c2ccc(=O)n(CC(=O)Nc3cnn(C)c3)n2)cc1OC. The van der Waals surface area contributed by atoms with Gasteiger partial charge in [-0.3, -0.25) is 14.3 Å². The summed E-state index contributed by atoms with van der Waals surface area (Å²) in [5, 5.41) is 10.9. The van der Waals surface area contributed by atoms with Crippen molar-refractivity contribution in [2.45, 2.75) is 6.54 Å². The van der Waals surface area contributed by atoms with Crippen LogP contribution in [0.5, 0.6) is 11.5 Å². The second-order valence-electron chi connectivity index (χ2n) is 5.74. The number of rotatable bonds is 6. The fraction of sp³-hybridized carbons (Fsp3) is 0.222. The number of aryl methyl sites for hydroxylation is 1. The molecule has 2 heterocycles. The topological polar surface area (TPSA) is 100 Å². The first-order valence-corrected chi connectivity index (χ1v) is 8.09. The Hall–Kier alpha value is -3.62. The fourth-order valence-corrected chi connectivity index (χ4v) is 2.53. The standard InChI is InChI=1S/C18H19N5O4/c1-22-10-13(9-19-22)20-17(24)11-23-18(25)7-5-14(21-23)12-4-6-15(26-2)16(8-12)27-3/h4-10H,11H2,1-3H3,(H,20,24). The molecule has 3 rings (SSSR count). The van der Waals surface area contributed by atoms with Crippen molar-refractivity contribution in [2.75, 3.05) is 19.5 Å². The van der Waals surface area contributed by atoms with Crippen molar-refractivity contribution in [3.63, 3.8) is 0 Å². The summed E-state index contributed by atoms with van der Waals surface area (Å²) in [6.07, 6.45) is 3.18. The minimum absolute atomic E-state index is 0.213. The molecule has 0 aliphatic heterocycles. The Morgan fingerprint density at radius 3 is 2.59 bits per heavy atom. The number of hydrogen-bond donors (Lipinski definition) is 1. The van der Waals surface area contributed by atoms with Crippen LogP contribution in [0.2, 0.25) is 0 Å². The van der Waals surface area contributed by atoms with E-state index in [2.05, 4.69) is 15.5 Å². The van der Waals surface area contributed by atoms with Crippen molar-refractivity contribution in [2.24, 2.45) is 7.05 Å². The number of carbonyl (C=O) groups is 1. The van der Waals surface area contributed by atoms with Crippen LogP contribution >= 0.6 is 0 Å². The summed E-state index contributed by atoms with van der Waals surface area (Å²) >= 11 is 0. The molecule has 0 fully saturated rings. The Balaban J connectivity index is 1.84. The van der Waals surface area contributed by atoms with Gasteiger partial charge in [0, 0.05) is 24.9 Å². The lowest BCUT2D eigenvalue weighted by Crippen LogP contribution is -2.29. The zero-order valence-electron chi connectivity index (χ0n) is 15.2. The number of aromatic nitrogens is 4. The van der Waals surface area contributed by atoms with Crippen LogP contribution in [-0.2, 0) is 18.4 Å². The number of anilines is 1. The number of nitrogens with one attached hydrogen (secondary N) is 1. The summed E-state index contributed by atoms with van der Waals surface area (Å²) in [4.78, 5) is 24.3. The molecule has 0 saturated carbocycles. The Kier molecular flexibility index (Phi) is 5.20. The predicted octanol–water partition coefficient (Wildman–Crippen LogP) is 1.30. The molecule has 0 aliphatic carbocycles. The largest absolute Gasteiger partial charge is 0.493 e. The van der Waals surface area contributed by atoms with Crippen molar-refractivity contribution in [3.8, 4) is 22.8 Å². The summed E-state index contributed by atoms with van der Waals surface area (Å²) in [7, 11) is 4.84. The molecule has 27 heavy (non-hydrogen) atoms. The van der Waals surface area contributed by atoms with Gasteiger partial charge in [-0.05, 0) is 24.3 Å². The second kappa shape index (κ2) is 7.73. The molecule has 0 aliphatic rings. The normalized spacial score (nSPS) is 10.5. The molecular weight excluding hydrogens is 350 g/mol. The number of amides is 1. The number of ether oxygens (including phenoxy) is 2. The van der Waals surface area contributed by atoms with E-state index in [1.165, 1.54) is 12.3 Å². The highest BCUT2D eigenvalue weighted by Gasteiger charge is 2.11. The molecule has 0 saturated heterocycles. The maximum atomic E-state index is 12.2. The lowest BCUT2D eigenvalue weighted by atomic mass is 10.1. The van der Waals surface area contributed by atoms with Gasteiger partial charge >= 0.3 is 0 Å². The predicted molar refractivity (Wildman–Crippen MR) is 98.9 cm³/mol. The molecule has 9 nitrogen and oxygen atoms in total. The van der Waals surface area contributed by atoms with Gasteiger partial charge in [-0.25, -0.2) is 4.68 Å². The first-order chi connectivity index (χ1) is 13.0. The highest BCUT2D eigenvalue weighted by atomic mass is 16.5. The van der Waals surface area contributed by atoms with Crippen molar-refractivity contribution in [1.82, 2.24) is 19.6 Å². The zero-order valence-corrected chi connectivity index (χ0v) is 15.2. The van der Waals surface area contributed by atoms with Crippen LogP contribution in [0, 0.1) is 0 Å². The van der Waals surface area contributed by atoms with Crippen LogP contribution in [0.3, 0.4) is 0 Å². The summed E-state index contributed by atoms with van der Waals surface area (Å²) in [6.45, 7) is -0.213. The molecule has 0 spiro atoms. The minimum atomic E-state index is -0.374. The smallest absolute Gasteiger partial charge is 0.267 e. The Morgan fingerprint density at radius 1 is 1.15 bits per heavy atom. The summed E-state index contributed by atoms with van der Waals surface area (Å²) in [5.74, 6) is 0.761. The molecule has 1 aromatic carbocycles. The highest BCUT2D eigenvalue weighted by molar-refractivity contribution is 5.90. The van der Waals surface area contributed by atoms with Gasteiger partial charge < -0.3 is 14.8 Å². The maximum absolute atomic E-state index is 12.2. The number of benzene rings is 1. The first-order valence-electron chi connectivity index (χ1n) is 8.09. The van der Waals surface area contributed by atoms with Gasteiger partial charge in [0.15, 0.2) is 11.5 Å². The van der Waals surface area contributed by atoms with Crippen molar-refractivity contribution >= 4 is 11.6 Å². The van der Waals surface area contributed by atoms with Crippen molar-refractivity contribution in [3.05, 3.63) is 53.1 Å². The third-order valence-electron chi connectivity index (χ3n) is 3.83. The average molecular weight is 369 g/mol. The fourth-order valence-electron chi connectivity index (χ4n) is 2.53. The van der Waals surface area contributed by atoms with Crippen LogP contribution in [0.15, 0.2) is 47.5 Å².